The smallest absolute Gasteiger partial charge is 0.127 e. The van der Waals surface area contributed by atoms with E-state index < -0.39 is 0 Å². The van der Waals surface area contributed by atoms with Crippen molar-refractivity contribution in [2.24, 2.45) is 0 Å². The van der Waals surface area contributed by atoms with Gasteiger partial charge in [-0.05, 0) is 25.6 Å². The van der Waals surface area contributed by atoms with Gasteiger partial charge in [-0.2, -0.15) is 0 Å². The molecule has 0 saturated heterocycles. The van der Waals surface area contributed by atoms with E-state index in [-0.39, 0.29) is 5.82 Å². The van der Waals surface area contributed by atoms with Gasteiger partial charge < -0.3 is 10.1 Å². The molecule has 4 heteroatoms. The summed E-state index contributed by atoms with van der Waals surface area (Å²) in [7, 11) is 1.98. The second-order valence-corrected chi connectivity index (χ2v) is 5.40. The van der Waals surface area contributed by atoms with Crippen molar-refractivity contribution >= 4 is 0 Å². The number of ether oxygens (including phenoxy) is 1. The van der Waals surface area contributed by atoms with Crippen molar-refractivity contribution in [2.45, 2.75) is 39.9 Å². The average molecular weight is 282 g/mol. The lowest BCUT2D eigenvalue weighted by Gasteiger charge is -2.18. The lowest BCUT2D eigenvalue weighted by Crippen LogP contribution is -2.24. The maximum Gasteiger partial charge on any atom is 0.127 e. The summed E-state index contributed by atoms with van der Waals surface area (Å²) >= 11 is 0. The van der Waals surface area contributed by atoms with Gasteiger partial charge in [-0.3, -0.25) is 4.90 Å². The molecule has 0 unspecified atom stereocenters. The van der Waals surface area contributed by atoms with Crippen LogP contribution in [0.4, 0.5) is 4.39 Å². The third-order valence-electron chi connectivity index (χ3n) is 3.09. The summed E-state index contributed by atoms with van der Waals surface area (Å²) in [6, 6.07) is 5.77. The Bertz CT molecular complexity index is 396. The Hall–Kier alpha value is -0.970. The van der Waals surface area contributed by atoms with E-state index in [1.54, 1.807) is 6.07 Å². The summed E-state index contributed by atoms with van der Waals surface area (Å²) in [6.07, 6.45) is 0. The van der Waals surface area contributed by atoms with Crippen LogP contribution in [-0.4, -0.2) is 37.7 Å². The summed E-state index contributed by atoms with van der Waals surface area (Å²) in [4.78, 5) is 2.08. The van der Waals surface area contributed by atoms with Crippen LogP contribution in [0.15, 0.2) is 18.2 Å². The molecule has 0 fully saturated rings. The van der Waals surface area contributed by atoms with Crippen LogP contribution in [-0.2, 0) is 17.8 Å². The van der Waals surface area contributed by atoms with E-state index in [1.807, 2.05) is 26.1 Å². The Kier molecular flexibility index (Phi) is 7.73. The van der Waals surface area contributed by atoms with Gasteiger partial charge in [-0.1, -0.05) is 26.0 Å². The van der Waals surface area contributed by atoms with Crippen LogP contribution in [0, 0.1) is 5.82 Å². The second kappa shape index (κ2) is 9.06. The van der Waals surface area contributed by atoms with Crippen LogP contribution in [0.25, 0.3) is 0 Å². The van der Waals surface area contributed by atoms with Crippen LogP contribution >= 0.6 is 0 Å². The fraction of sp³-hybridized carbons (Fsp3) is 0.625. The topological polar surface area (TPSA) is 24.5 Å². The van der Waals surface area contributed by atoms with Crippen LogP contribution in [0.5, 0.6) is 0 Å². The normalized spacial score (nSPS) is 11.6. The summed E-state index contributed by atoms with van der Waals surface area (Å²) in [6.45, 7) is 9.77. The van der Waals surface area contributed by atoms with Gasteiger partial charge in [-0.25, -0.2) is 4.39 Å². The number of benzene rings is 1. The summed E-state index contributed by atoms with van der Waals surface area (Å²) < 4.78 is 19.2. The molecule has 1 aromatic rings. The molecule has 0 atom stereocenters. The number of likely N-dealkylation sites (N-methyl/N-ethyl adjacent to an activating group) is 1. The van der Waals surface area contributed by atoms with Crippen molar-refractivity contribution < 1.29 is 9.13 Å². The summed E-state index contributed by atoms with van der Waals surface area (Å²) in [5, 5.41) is 3.35. The highest BCUT2D eigenvalue weighted by Gasteiger charge is 2.07. The van der Waals surface area contributed by atoms with Gasteiger partial charge in [0.2, 0.25) is 0 Å². The zero-order valence-corrected chi connectivity index (χ0v) is 13.1. The van der Waals surface area contributed by atoms with Gasteiger partial charge in [-0.15, -0.1) is 0 Å². The number of hydrogen-bond donors (Lipinski definition) is 1. The van der Waals surface area contributed by atoms with E-state index in [1.165, 1.54) is 0 Å². The van der Waals surface area contributed by atoms with Crippen LogP contribution in [0.3, 0.4) is 0 Å². The highest BCUT2D eigenvalue weighted by molar-refractivity contribution is 5.25. The van der Waals surface area contributed by atoms with E-state index in [9.17, 15) is 4.39 Å². The van der Waals surface area contributed by atoms with E-state index in [0.29, 0.717) is 19.2 Å². The van der Waals surface area contributed by atoms with E-state index >= 15 is 0 Å². The van der Waals surface area contributed by atoms with Gasteiger partial charge in [0.15, 0.2) is 0 Å². The monoisotopic (exact) mass is 282 g/mol. The summed E-state index contributed by atoms with van der Waals surface area (Å²) in [5.74, 6) is -0.137. The third kappa shape index (κ3) is 6.46. The SMILES string of the molecule is CCOCCN(C)Cc1cc(CNC(C)C)ccc1F. The number of hydrogen-bond acceptors (Lipinski definition) is 3. The molecule has 0 aliphatic heterocycles. The molecule has 0 radical (unpaired) electrons. The third-order valence-corrected chi connectivity index (χ3v) is 3.09. The largest absolute Gasteiger partial charge is 0.380 e. The standard InChI is InChI=1S/C16H27FN2O/c1-5-20-9-8-19(4)12-15-10-14(6-7-16(15)17)11-18-13(2)3/h6-7,10,13,18H,5,8-9,11-12H2,1-4H3. The molecule has 1 aromatic carbocycles. The zero-order valence-electron chi connectivity index (χ0n) is 13.1. The highest BCUT2D eigenvalue weighted by atomic mass is 19.1. The molecule has 0 spiro atoms. The Morgan fingerprint density at radius 1 is 1.35 bits per heavy atom. The van der Waals surface area contributed by atoms with E-state index in [2.05, 4.69) is 24.1 Å². The maximum absolute atomic E-state index is 13.8. The van der Waals surface area contributed by atoms with Gasteiger partial charge in [0.1, 0.15) is 5.82 Å². The quantitative estimate of drug-likeness (QED) is 0.705. The molecule has 0 aliphatic carbocycles. The lowest BCUT2D eigenvalue weighted by molar-refractivity contribution is 0.120. The van der Waals surface area contributed by atoms with Crippen molar-refractivity contribution in [3.05, 3.63) is 35.1 Å². The maximum atomic E-state index is 13.8. The molecule has 0 aromatic heterocycles. The van der Waals surface area contributed by atoms with Gasteiger partial charge in [0.25, 0.3) is 0 Å². The highest BCUT2D eigenvalue weighted by Crippen LogP contribution is 2.13. The molecule has 1 rings (SSSR count). The molecule has 0 amide bonds. The molecule has 0 saturated carbocycles. The number of rotatable bonds is 9. The molecule has 0 heterocycles. The second-order valence-electron chi connectivity index (χ2n) is 5.40. The first-order valence-electron chi connectivity index (χ1n) is 7.30. The molecule has 0 aliphatic rings. The van der Waals surface area contributed by atoms with Gasteiger partial charge in [0, 0.05) is 37.8 Å². The predicted molar refractivity (Wildman–Crippen MR) is 81.2 cm³/mol. The minimum Gasteiger partial charge on any atom is -0.380 e. The fourth-order valence-corrected chi connectivity index (χ4v) is 1.92. The first kappa shape index (κ1) is 17.1. The lowest BCUT2D eigenvalue weighted by atomic mass is 10.1. The van der Waals surface area contributed by atoms with Crippen molar-refractivity contribution in [3.8, 4) is 0 Å². The Morgan fingerprint density at radius 3 is 2.75 bits per heavy atom. The van der Waals surface area contributed by atoms with Crippen molar-refractivity contribution in [2.75, 3.05) is 26.8 Å². The molecule has 3 nitrogen and oxygen atoms in total. The van der Waals surface area contributed by atoms with Crippen LogP contribution in [0.2, 0.25) is 0 Å². The van der Waals surface area contributed by atoms with Crippen LogP contribution < -0.4 is 5.32 Å². The molecular weight excluding hydrogens is 255 g/mol. The molecule has 1 N–H and O–H groups in total. The summed E-state index contributed by atoms with van der Waals surface area (Å²) in [5.41, 5.74) is 1.86. The van der Waals surface area contributed by atoms with Crippen molar-refractivity contribution in [1.29, 1.82) is 0 Å². The fourth-order valence-electron chi connectivity index (χ4n) is 1.92. The molecule has 20 heavy (non-hydrogen) atoms. The van der Waals surface area contributed by atoms with Gasteiger partial charge in [0.05, 0.1) is 6.61 Å². The Balaban J connectivity index is 2.57. The Morgan fingerprint density at radius 2 is 2.10 bits per heavy atom. The Labute approximate surface area is 122 Å². The molecule has 114 valence electrons. The number of nitrogens with zero attached hydrogens (tertiary/aromatic N) is 1. The first-order valence-corrected chi connectivity index (χ1v) is 7.30. The first-order chi connectivity index (χ1) is 9.52. The molecular formula is C16H27FN2O. The van der Waals surface area contributed by atoms with E-state index in [4.69, 9.17) is 4.74 Å². The average Bonchev–Trinajstić information content (AvgIpc) is 2.40. The predicted octanol–water partition coefficient (Wildman–Crippen LogP) is 2.79. The van der Waals surface area contributed by atoms with Crippen molar-refractivity contribution in [3.63, 3.8) is 0 Å². The minimum absolute atomic E-state index is 0.137. The van der Waals surface area contributed by atoms with Crippen molar-refractivity contribution in [1.82, 2.24) is 10.2 Å². The van der Waals surface area contributed by atoms with Gasteiger partial charge >= 0.3 is 0 Å². The minimum atomic E-state index is -0.137. The molecule has 0 bridgehead atoms. The number of halogens is 1. The zero-order chi connectivity index (χ0) is 15.0. The number of nitrogens with one attached hydrogen (secondary N) is 1. The van der Waals surface area contributed by atoms with Crippen LogP contribution in [0.1, 0.15) is 31.9 Å². The van der Waals surface area contributed by atoms with E-state index in [0.717, 1.165) is 30.8 Å².